The highest BCUT2D eigenvalue weighted by molar-refractivity contribution is 5.93. The number of nitrogens with zero attached hydrogens (tertiary/aromatic N) is 2. The summed E-state index contributed by atoms with van der Waals surface area (Å²) in [4.78, 5) is 7.50. The van der Waals surface area contributed by atoms with E-state index in [1.54, 1.807) is 0 Å². The summed E-state index contributed by atoms with van der Waals surface area (Å²) in [7, 11) is 0. The van der Waals surface area contributed by atoms with Gasteiger partial charge in [-0.15, -0.1) is 0 Å². The Kier molecular flexibility index (Phi) is 6.27. The lowest BCUT2D eigenvalue weighted by Gasteiger charge is -2.33. The van der Waals surface area contributed by atoms with Crippen LogP contribution >= 0.6 is 0 Å². The maximum atomic E-state index is 5.93. The fourth-order valence-electron chi connectivity index (χ4n) is 4.54. The van der Waals surface area contributed by atoms with Crippen LogP contribution in [0.5, 0.6) is 0 Å². The van der Waals surface area contributed by atoms with E-state index in [9.17, 15) is 0 Å². The molecular formula is C24H32N4. The lowest BCUT2D eigenvalue weighted by Crippen LogP contribution is -2.40. The Bertz CT molecular complexity index is 786. The molecule has 1 aliphatic carbocycles. The molecule has 1 saturated carbocycles. The molecule has 148 valence electrons. The average molecular weight is 377 g/mol. The first-order valence-electron chi connectivity index (χ1n) is 10.7. The van der Waals surface area contributed by atoms with Gasteiger partial charge in [0.2, 0.25) is 0 Å². The van der Waals surface area contributed by atoms with Crippen LogP contribution in [0.3, 0.4) is 0 Å². The van der Waals surface area contributed by atoms with E-state index in [4.69, 9.17) is 10.7 Å². The van der Waals surface area contributed by atoms with E-state index in [2.05, 4.69) is 58.7 Å². The molecule has 4 nitrogen and oxygen atoms in total. The number of rotatable bonds is 4. The number of anilines is 1. The number of benzene rings is 2. The first-order valence-corrected chi connectivity index (χ1v) is 10.7. The molecule has 28 heavy (non-hydrogen) atoms. The van der Waals surface area contributed by atoms with Crippen LogP contribution in [0.15, 0.2) is 59.6 Å². The number of hydrogen-bond acceptors (Lipinski definition) is 2. The summed E-state index contributed by atoms with van der Waals surface area (Å²) in [5.41, 5.74) is 9.91. The first-order chi connectivity index (χ1) is 13.8. The Balaban J connectivity index is 1.50. The van der Waals surface area contributed by atoms with Crippen molar-refractivity contribution in [3.63, 3.8) is 0 Å². The van der Waals surface area contributed by atoms with Gasteiger partial charge in [0, 0.05) is 25.3 Å². The zero-order valence-electron chi connectivity index (χ0n) is 16.7. The highest BCUT2D eigenvalue weighted by Crippen LogP contribution is 2.29. The summed E-state index contributed by atoms with van der Waals surface area (Å²) >= 11 is 0. The molecule has 0 aromatic heterocycles. The second-order valence-corrected chi connectivity index (χ2v) is 8.23. The van der Waals surface area contributed by atoms with E-state index in [0.717, 1.165) is 44.2 Å². The van der Waals surface area contributed by atoms with Crippen LogP contribution in [0.4, 0.5) is 5.69 Å². The fraction of sp³-hybridized carbons (Fsp3) is 0.458. The van der Waals surface area contributed by atoms with Crippen LogP contribution in [0.1, 0.15) is 36.8 Å². The van der Waals surface area contributed by atoms with E-state index in [-0.39, 0.29) is 0 Å². The molecule has 3 N–H and O–H groups in total. The zero-order chi connectivity index (χ0) is 19.2. The maximum absolute atomic E-state index is 5.93. The highest BCUT2D eigenvalue weighted by Gasteiger charge is 2.23. The number of guanidine groups is 1. The predicted molar refractivity (Wildman–Crippen MR) is 117 cm³/mol. The third kappa shape index (κ3) is 4.74. The molecule has 4 heteroatoms. The van der Waals surface area contributed by atoms with Gasteiger partial charge in [0.05, 0.1) is 0 Å². The largest absolute Gasteiger partial charge is 0.338 e. The number of para-hydroxylation sites is 1. The molecule has 0 radical (unpaired) electrons. The summed E-state index contributed by atoms with van der Waals surface area (Å²) in [5.74, 6) is 2.35. The Hall–Kier alpha value is -2.33. The topological polar surface area (TPSA) is 53.6 Å². The van der Waals surface area contributed by atoms with Crippen molar-refractivity contribution < 1.29 is 0 Å². The van der Waals surface area contributed by atoms with E-state index >= 15 is 0 Å². The molecule has 0 bridgehead atoms. The van der Waals surface area contributed by atoms with Gasteiger partial charge >= 0.3 is 0 Å². The average Bonchev–Trinajstić information content (AvgIpc) is 2.77. The van der Waals surface area contributed by atoms with Gasteiger partial charge in [-0.3, -0.25) is 4.99 Å². The molecule has 0 saturated heterocycles. The highest BCUT2D eigenvalue weighted by atomic mass is 15.3. The van der Waals surface area contributed by atoms with Crippen LogP contribution in [0, 0.1) is 11.8 Å². The van der Waals surface area contributed by atoms with Crippen LogP contribution < -0.4 is 11.1 Å². The molecule has 0 spiro atoms. The third-order valence-electron chi connectivity index (χ3n) is 6.18. The normalized spacial score (nSPS) is 22.6. The minimum atomic E-state index is 0.659. The smallest absolute Gasteiger partial charge is 0.198 e. The van der Waals surface area contributed by atoms with Crippen LogP contribution in [0.25, 0.3) is 0 Å². The quantitative estimate of drug-likeness (QED) is 0.619. The second kappa shape index (κ2) is 9.24. The molecule has 4 rings (SSSR count). The van der Waals surface area contributed by atoms with Crippen LogP contribution in [-0.4, -0.2) is 30.5 Å². The molecule has 2 atom stereocenters. The monoisotopic (exact) mass is 376 g/mol. The van der Waals surface area contributed by atoms with E-state index in [1.807, 2.05) is 6.07 Å². The lowest BCUT2D eigenvalue weighted by molar-refractivity contribution is 0.276. The second-order valence-electron chi connectivity index (χ2n) is 8.23. The number of fused-ring (bicyclic) bond motifs is 1. The molecule has 2 unspecified atom stereocenters. The first kappa shape index (κ1) is 19.0. The summed E-state index contributed by atoms with van der Waals surface area (Å²) < 4.78 is 0. The maximum Gasteiger partial charge on any atom is 0.198 e. The van der Waals surface area contributed by atoms with Gasteiger partial charge in [0.1, 0.15) is 0 Å². The molecular weight excluding hydrogens is 344 g/mol. The van der Waals surface area contributed by atoms with Gasteiger partial charge < -0.3 is 16.0 Å². The summed E-state index contributed by atoms with van der Waals surface area (Å²) in [6.45, 7) is 3.64. The number of nitrogens with one attached hydrogen (secondary N) is 1. The van der Waals surface area contributed by atoms with Gasteiger partial charge in [-0.1, -0.05) is 48.9 Å². The van der Waals surface area contributed by atoms with Crippen molar-refractivity contribution in [1.29, 1.82) is 0 Å². The van der Waals surface area contributed by atoms with E-state index < -0.39 is 0 Å². The molecule has 1 aliphatic heterocycles. The van der Waals surface area contributed by atoms with Crippen molar-refractivity contribution in [3.8, 4) is 0 Å². The molecule has 2 aliphatic rings. The van der Waals surface area contributed by atoms with Gasteiger partial charge in [0.25, 0.3) is 0 Å². The van der Waals surface area contributed by atoms with Gasteiger partial charge in [-0.05, 0) is 67.3 Å². The minimum Gasteiger partial charge on any atom is -0.338 e. The van der Waals surface area contributed by atoms with Gasteiger partial charge in [0.15, 0.2) is 5.96 Å². The van der Waals surface area contributed by atoms with Crippen molar-refractivity contribution in [3.05, 3.63) is 65.7 Å². The number of aliphatic imine (C=N–C) groups is 1. The fourth-order valence-corrected chi connectivity index (χ4v) is 4.54. The Morgan fingerprint density at radius 2 is 1.75 bits per heavy atom. The van der Waals surface area contributed by atoms with E-state index in [1.165, 1.54) is 36.8 Å². The summed E-state index contributed by atoms with van der Waals surface area (Å²) in [5, 5.41) is 3.60. The Morgan fingerprint density at radius 1 is 1.00 bits per heavy atom. The van der Waals surface area contributed by atoms with Crippen molar-refractivity contribution in [2.24, 2.45) is 22.6 Å². The Labute approximate surface area is 168 Å². The van der Waals surface area contributed by atoms with Crippen molar-refractivity contribution in [1.82, 2.24) is 4.90 Å². The van der Waals surface area contributed by atoms with Crippen LogP contribution in [-0.2, 0) is 13.0 Å². The van der Waals surface area contributed by atoms with Crippen LogP contribution in [0.2, 0.25) is 0 Å². The molecule has 2 aromatic carbocycles. The zero-order valence-corrected chi connectivity index (χ0v) is 16.7. The Morgan fingerprint density at radius 3 is 2.57 bits per heavy atom. The van der Waals surface area contributed by atoms with Crippen molar-refractivity contribution in [2.75, 3.05) is 25.0 Å². The number of hydrogen-bond donors (Lipinski definition) is 2. The SMILES string of the molecule is NCC1CCCC(CN=C(Nc2ccccc2)N2CCc3ccccc3C2)C1. The lowest BCUT2D eigenvalue weighted by atomic mass is 9.81. The van der Waals surface area contributed by atoms with Gasteiger partial charge in [-0.2, -0.15) is 0 Å². The number of nitrogens with two attached hydrogens (primary N) is 1. The van der Waals surface area contributed by atoms with Gasteiger partial charge in [-0.25, -0.2) is 0 Å². The molecule has 2 aromatic rings. The molecule has 0 amide bonds. The van der Waals surface area contributed by atoms with E-state index in [0.29, 0.717) is 11.8 Å². The summed E-state index contributed by atoms with van der Waals surface area (Å²) in [6.07, 6.45) is 6.16. The minimum absolute atomic E-state index is 0.659. The van der Waals surface area contributed by atoms with Crippen molar-refractivity contribution in [2.45, 2.75) is 38.6 Å². The molecule has 1 heterocycles. The third-order valence-corrected chi connectivity index (χ3v) is 6.18. The summed E-state index contributed by atoms with van der Waals surface area (Å²) in [6, 6.07) is 19.2. The standard InChI is InChI=1S/C24H32N4/c25-16-19-7-6-8-20(15-19)17-26-24(27-23-11-2-1-3-12-23)28-14-13-21-9-4-5-10-22(21)18-28/h1-5,9-12,19-20H,6-8,13-18,25H2,(H,26,27). The predicted octanol–water partition coefficient (Wildman–Crippen LogP) is 4.28. The molecule has 1 fully saturated rings. The van der Waals surface area contributed by atoms with Crippen molar-refractivity contribution >= 4 is 11.6 Å².